The Balaban J connectivity index is 0.000000819. The van der Waals surface area contributed by atoms with Crippen LogP contribution in [0.4, 0.5) is 4.39 Å². The molecular formula is C30H35FO5. The van der Waals surface area contributed by atoms with Crippen LogP contribution in [0.2, 0.25) is 0 Å². The molecule has 5 nitrogen and oxygen atoms in total. The van der Waals surface area contributed by atoms with Crippen LogP contribution >= 0.6 is 0 Å². The number of ether oxygens (including phenoxy) is 3. The number of rotatable bonds is 11. The van der Waals surface area contributed by atoms with Gasteiger partial charge in [-0.1, -0.05) is 44.0 Å². The van der Waals surface area contributed by atoms with E-state index in [1.807, 2.05) is 49.4 Å². The van der Waals surface area contributed by atoms with Crippen molar-refractivity contribution >= 4 is 5.97 Å². The van der Waals surface area contributed by atoms with Crippen molar-refractivity contribution < 1.29 is 28.5 Å². The number of methoxy groups -OCH3 is 1. The molecule has 0 aromatic heterocycles. The Morgan fingerprint density at radius 2 is 1.75 bits per heavy atom. The Bertz CT molecular complexity index is 1140. The van der Waals surface area contributed by atoms with E-state index in [9.17, 15) is 9.18 Å². The maximum Gasteiger partial charge on any atom is 0.303 e. The Morgan fingerprint density at radius 1 is 0.972 bits per heavy atom. The lowest BCUT2D eigenvalue weighted by Crippen LogP contribution is -2.02. The molecule has 192 valence electrons. The molecule has 36 heavy (non-hydrogen) atoms. The highest BCUT2D eigenvalue weighted by molar-refractivity contribution is 5.70. The normalized spacial score (nSPS) is 12.4. The van der Waals surface area contributed by atoms with Crippen LogP contribution in [-0.4, -0.2) is 24.8 Å². The molecule has 0 spiro atoms. The molecule has 1 aliphatic rings. The molecule has 4 rings (SSSR count). The summed E-state index contributed by atoms with van der Waals surface area (Å²) in [5.41, 5.74) is 3.88. The van der Waals surface area contributed by atoms with Gasteiger partial charge >= 0.3 is 5.97 Å². The summed E-state index contributed by atoms with van der Waals surface area (Å²) in [6.07, 6.45) is 3.50. The SMILES string of the molecule is CC1CC1.CCOCc1cc(COc2cccc(CCC(=O)O)c2)ccc1-c1cc(OC)ccc1F. The predicted molar refractivity (Wildman–Crippen MR) is 139 cm³/mol. The van der Waals surface area contributed by atoms with Crippen LogP contribution in [0.25, 0.3) is 11.1 Å². The minimum Gasteiger partial charge on any atom is -0.497 e. The van der Waals surface area contributed by atoms with E-state index in [2.05, 4.69) is 6.92 Å². The van der Waals surface area contributed by atoms with E-state index in [0.717, 1.165) is 28.2 Å². The van der Waals surface area contributed by atoms with Gasteiger partial charge in [-0.3, -0.25) is 4.79 Å². The fourth-order valence-corrected chi connectivity index (χ4v) is 3.54. The lowest BCUT2D eigenvalue weighted by atomic mass is 9.97. The van der Waals surface area contributed by atoms with E-state index in [4.69, 9.17) is 19.3 Å². The minimum atomic E-state index is -0.828. The molecule has 0 saturated heterocycles. The van der Waals surface area contributed by atoms with Crippen LogP contribution < -0.4 is 9.47 Å². The van der Waals surface area contributed by atoms with Gasteiger partial charge in [0.05, 0.1) is 13.7 Å². The molecule has 0 aliphatic heterocycles. The van der Waals surface area contributed by atoms with Gasteiger partial charge < -0.3 is 19.3 Å². The molecule has 6 heteroatoms. The van der Waals surface area contributed by atoms with Crippen molar-refractivity contribution in [1.82, 2.24) is 0 Å². The van der Waals surface area contributed by atoms with Crippen molar-refractivity contribution in [2.75, 3.05) is 13.7 Å². The summed E-state index contributed by atoms with van der Waals surface area (Å²) >= 11 is 0. The first-order valence-corrected chi connectivity index (χ1v) is 12.4. The number of carboxylic acid groups (broad SMARTS) is 1. The summed E-state index contributed by atoms with van der Waals surface area (Å²) in [5, 5.41) is 8.86. The van der Waals surface area contributed by atoms with Crippen molar-refractivity contribution in [3.63, 3.8) is 0 Å². The molecule has 1 saturated carbocycles. The van der Waals surface area contributed by atoms with Crippen molar-refractivity contribution in [1.29, 1.82) is 0 Å². The van der Waals surface area contributed by atoms with Crippen molar-refractivity contribution in [2.45, 2.75) is 52.7 Å². The number of carboxylic acids is 1. The third-order valence-electron chi connectivity index (χ3n) is 5.89. The molecule has 1 N–H and O–H groups in total. The molecule has 0 bridgehead atoms. The molecule has 0 unspecified atom stereocenters. The van der Waals surface area contributed by atoms with Crippen LogP contribution in [0.3, 0.4) is 0 Å². The third-order valence-corrected chi connectivity index (χ3v) is 5.89. The Hall–Kier alpha value is -3.38. The fourth-order valence-electron chi connectivity index (χ4n) is 3.54. The zero-order valence-electron chi connectivity index (χ0n) is 21.3. The quantitative estimate of drug-likeness (QED) is 0.309. The molecule has 0 atom stereocenters. The van der Waals surface area contributed by atoms with E-state index in [1.54, 1.807) is 19.2 Å². The van der Waals surface area contributed by atoms with E-state index in [-0.39, 0.29) is 12.2 Å². The standard InChI is InChI=1S/C26H27FO5.C4H8/c1-3-31-17-20-13-19(7-10-23(20)24-15-21(30-2)9-11-25(24)27)16-32-22-6-4-5-18(14-22)8-12-26(28)29;1-4-2-3-4/h4-7,9-11,13-15H,3,8,12,16-17H2,1-2H3,(H,28,29);4H,2-3H2,1H3. The first-order chi connectivity index (χ1) is 17.4. The first-order valence-electron chi connectivity index (χ1n) is 12.4. The molecule has 1 aliphatic carbocycles. The van der Waals surface area contributed by atoms with Gasteiger partial charge in [0.25, 0.3) is 0 Å². The van der Waals surface area contributed by atoms with Gasteiger partial charge in [0.2, 0.25) is 0 Å². The van der Waals surface area contributed by atoms with E-state index in [0.29, 0.717) is 43.3 Å². The smallest absolute Gasteiger partial charge is 0.303 e. The Labute approximate surface area is 212 Å². The predicted octanol–water partition coefficient (Wildman–Crippen LogP) is 7.05. The summed E-state index contributed by atoms with van der Waals surface area (Å²) in [6, 6.07) is 17.8. The summed E-state index contributed by atoms with van der Waals surface area (Å²) < 4.78 is 31.3. The monoisotopic (exact) mass is 494 g/mol. The second kappa shape index (κ2) is 13.6. The van der Waals surface area contributed by atoms with Gasteiger partial charge in [0.1, 0.15) is 23.9 Å². The summed E-state index contributed by atoms with van der Waals surface area (Å²) in [4.78, 5) is 10.8. The Kier molecular flexibility index (Phi) is 10.3. The van der Waals surface area contributed by atoms with E-state index >= 15 is 0 Å². The average molecular weight is 495 g/mol. The number of hydrogen-bond acceptors (Lipinski definition) is 4. The first kappa shape index (κ1) is 27.2. The Morgan fingerprint density at radius 3 is 2.42 bits per heavy atom. The highest BCUT2D eigenvalue weighted by Crippen LogP contribution is 2.31. The summed E-state index contributed by atoms with van der Waals surface area (Å²) in [5.74, 6) is 1.18. The van der Waals surface area contributed by atoms with Gasteiger partial charge in [-0.15, -0.1) is 0 Å². The molecule has 0 heterocycles. The number of benzene rings is 3. The summed E-state index contributed by atoms with van der Waals surface area (Å²) in [6.45, 7) is 5.41. The van der Waals surface area contributed by atoms with Crippen LogP contribution in [-0.2, 0) is 29.2 Å². The maximum atomic E-state index is 14.6. The van der Waals surface area contributed by atoms with Crippen molar-refractivity contribution in [3.8, 4) is 22.6 Å². The average Bonchev–Trinajstić information content (AvgIpc) is 3.68. The molecule has 1 fully saturated rings. The van der Waals surface area contributed by atoms with Crippen LogP contribution in [0.1, 0.15) is 49.8 Å². The van der Waals surface area contributed by atoms with Gasteiger partial charge in [0, 0.05) is 18.6 Å². The largest absolute Gasteiger partial charge is 0.497 e. The van der Waals surface area contributed by atoms with E-state index in [1.165, 1.54) is 18.9 Å². The maximum absolute atomic E-state index is 14.6. The number of hydrogen-bond donors (Lipinski definition) is 1. The van der Waals surface area contributed by atoms with E-state index < -0.39 is 5.97 Å². The molecule has 0 radical (unpaired) electrons. The van der Waals surface area contributed by atoms with Crippen LogP contribution in [0.15, 0.2) is 60.7 Å². The van der Waals surface area contributed by atoms with Gasteiger partial charge in [0.15, 0.2) is 0 Å². The lowest BCUT2D eigenvalue weighted by molar-refractivity contribution is -0.136. The number of halogens is 1. The third kappa shape index (κ3) is 8.68. The fraction of sp³-hybridized carbons (Fsp3) is 0.367. The molecular weight excluding hydrogens is 459 g/mol. The topological polar surface area (TPSA) is 65.0 Å². The van der Waals surface area contributed by atoms with Gasteiger partial charge in [-0.05, 0) is 77.9 Å². The second-order valence-electron chi connectivity index (χ2n) is 8.99. The second-order valence-corrected chi connectivity index (χ2v) is 8.99. The van der Waals surface area contributed by atoms with Gasteiger partial charge in [-0.2, -0.15) is 0 Å². The molecule has 0 amide bonds. The van der Waals surface area contributed by atoms with Crippen LogP contribution in [0, 0.1) is 11.7 Å². The van der Waals surface area contributed by atoms with Crippen molar-refractivity contribution in [2.24, 2.45) is 5.92 Å². The minimum absolute atomic E-state index is 0.0759. The highest BCUT2D eigenvalue weighted by atomic mass is 19.1. The zero-order valence-corrected chi connectivity index (χ0v) is 21.3. The van der Waals surface area contributed by atoms with Crippen molar-refractivity contribution in [3.05, 3.63) is 83.2 Å². The highest BCUT2D eigenvalue weighted by Gasteiger charge is 2.13. The number of aryl methyl sites for hydroxylation is 1. The van der Waals surface area contributed by atoms with Gasteiger partial charge in [-0.25, -0.2) is 4.39 Å². The summed E-state index contributed by atoms with van der Waals surface area (Å²) in [7, 11) is 1.55. The number of carbonyl (C=O) groups is 1. The molecule has 3 aromatic carbocycles. The number of aliphatic carboxylic acids is 1. The molecule has 3 aromatic rings. The lowest BCUT2D eigenvalue weighted by Gasteiger charge is -2.15. The zero-order chi connectivity index (χ0) is 25.9. The van der Waals surface area contributed by atoms with Crippen LogP contribution in [0.5, 0.6) is 11.5 Å².